The Morgan fingerprint density at radius 3 is 2.90 bits per heavy atom. The van der Waals surface area contributed by atoms with Gasteiger partial charge in [0.1, 0.15) is 0 Å². The standard InChI is InChI=1S/C22H28N6OS/c1-15-8-9-20-16(11-15)12-17(21-24-25-26-28(20)21)14-27(18-5-2-3-6-18)22(30)23-13-19-7-4-10-29-19/h8-9,11-12,18-19H,2-7,10,13-14H2,1H3,(H,23,30). The van der Waals surface area contributed by atoms with E-state index in [0.717, 1.165) is 53.2 Å². The van der Waals surface area contributed by atoms with Crippen molar-refractivity contribution in [3.05, 3.63) is 35.4 Å². The summed E-state index contributed by atoms with van der Waals surface area (Å²) in [6.07, 6.45) is 7.38. The lowest BCUT2D eigenvalue weighted by Gasteiger charge is -2.32. The summed E-state index contributed by atoms with van der Waals surface area (Å²) in [5.74, 6) is 0. The van der Waals surface area contributed by atoms with Crippen molar-refractivity contribution in [2.75, 3.05) is 13.2 Å². The van der Waals surface area contributed by atoms with Gasteiger partial charge in [0.25, 0.3) is 0 Å². The molecule has 5 rings (SSSR count). The lowest BCUT2D eigenvalue weighted by Crippen LogP contribution is -2.46. The zero-order valence-corrected chi connectivity index (χ0v) is 18.2. The Kier molecular flexibility index (Phi) is 5.52. The van der Waals surface area contributed by atoms with E-state index in [1.54, 1.807) is 0 Å². The largest absolute Gasteiger partial charge is 0.376 e. The molecule has 1 aliphatic carbocycles. The summed E-state index contributed by atoms with van der Waals surface area (Å²) in [4.78, 5) is 2.35. The molecule has 1 N–H and O–H groups in total. The highest BCUT2D eigenvalue weighted by atomic mass is 32.1. The number of hydrogen-bond acceptors (Lipinski definition) is 5. The predicted octanol–water partition coefficient (Wildman–Crippen LogP) is 3.38. The van der Waals surface area contributed by atoms with Crippen LogP contribution in [0.3, 0.4) is 0 Å². The molecule has 7 nitrogen and oxygen atoms in total. The topological polar surface area (TPSA) is 67.6 Å². The second kappa shape index (κ2) is 8.43. The average Bonchev–Trinajstić information content (AvgIpc) is 3.52. The quantitative estimate of drug-likeness (QED) is 0.630. The van der Waals surface area contributed by atoms with Crippen LogP contribution in [-0.2, 0) is 11.3 Å². The van der Waals surface area contributed by atoms with Crippen LogP contribution in [0, 0.1) is 6.92 Å². The Balaban J connectivity index is 1.45. The van der Waals surface area contributed by atoms with E-state index in [1.165, 1.54) is 31.2 Å². The van der Waals surface area contributed by atoms with E-state index in [2.05, 4.69) is 56.9 Å². The Morgan fingerprint density at radius 2 is 2.10 bits per heavy atom. The van der Waals surface area contributed by atoms with Gasteiger partial charge in [-0.15, -0.1) is 5.10 Å². The summed E-state index contributed by atoms with van der Waals surface area (Å²) >= 11 is 5.87. The molecule has 3 aromatic rings. The molecule has 2 fully saturated rings. The smallest absolute Gasteiger partial charge is 0.184 e. The van der Waals surface area contributed by atoms with Crippen molar-refractivity contribution in [2.24, 2.45) is 0 Å². The summed E-state index contributed by atoms with van der Waals surface area (Å²) < 4.78 is 7.61. The second-order valence-electron chi connectivity index (χ2n) is 8.53. The average molecular weight is 425 g/mol. The number of thiocarbonyl (C=S) groups is 1. The SMILES string of the molecule is Cc1ccc2c(c1)cc(CN(C(=S)NCC1CCCO1)C1CCCC1)c1nnnn12. The van der Waals surface area contributed by atoms with Crippen molar-refractivity contribution in [1.82, 2.24) is 30.3 Å². The minimum absolute atomic E-state index is 0.268. The highest BCUT2D eigenvalue weighted by Gasteiger charge is 2.27. The summed E-state index contributed by atoms with van der Waals surface area (Å²) in [7, 11) is 0. The van der Waals surface area contributed by atoms with Crippen LogP contribution in [-0.4, -0.2) is 55.4 Å². The van der Waals surface area contributed by atoms with Crippen LogP contribution in [0.15, 0.2) is 24.3 Å². The van der Waals surface area contributed by atoms with E-state index in [4.69, 9.17) is 17.0 Å². The highest BCUT2D eigenvalue weighted by molar-refractivity contribution is 7.80. The van der Waals surface area contributed by atoms with Crippen LogP contribution >= 0.6 is 12.2 Å². The zero-order valence-electron chi connectivity index (χ0n) is 17.4. The Labute approximate surface area is 181 Å². The molecule has 30 heavy (non-hydrogen) atoms. The van der Waals surface area contributed by atoms with Crippen molar-refractivity contribution in [2.45, 2.75) is 64.1 Å². The van der Waals surface area contributed by atoms with E-state index in [1.807, 2.05) is 4.52 Å². The van der Waals surface area contributed by atoms with Gasteiger partial charge in [-0.3, -0.25) is 0 Å². The molecule has 1 saturated heterocycles. The summed E-state index contributed by atoms with van der Waals surface area (Å²) in [6.45, 7) is 4.45. The normalized spacial score (nSPS) is 19.7. The van der Waals surface area contributed by atoms with Crippen molar-refractivity contribution in [3.8, 4) is 0 Å². The summed E-state index contributed by atoms with van der Waals surface area (Å²) in [5.41, 5.74) is 4.15. The number of rotatable bonds is 5. The monoisotopic (exact) mass is 424 g/mol. The third kappa shape index (κ3) is 3.86. The summed E-state index contributed by atoms with van der Waals surface area (Å²) in [6, 6.07) is 9.05. The van der Waals surface area contributed by atoms with Gasteiger partial charge < -0.3 is 15.0 Å². The van der Waals surface area contributed by atoms with Gasteiger partial charge >= 0.3 is 0 Å². The van der Waals surface area contributed by atoms with Crippen molar-refractivity contribution in [3.63, 3.8) is 0 Å². The Hall–Kier alpha value is -2.32. The van der Waals surface area contributed by atoms with E-state index >= 15 is 0 Å². The van der Waals surface area contributed by atoms with Gasteiger partial charge in [-0.2, -0.15) is 4.52 Å². The molecule has 1 saturated carbocycles. The van der Waals surface area contributed by atoms with Crippen LogP contribution in [0.2, 0.25) is 0 Å². The number of fused-ring (bicyclic) bond motifs is 3. The molecular formula is C22H28N6OS. The molecule has 1 aliphatic heterocycles. The van der Waals surface area contributed by atoms with Gasteiger partial charge in [-0.05, 0) is 73.5 Å². The van der Waals surface area contributed by atoms with Gasteiger partial charge in [0.2, 0.25) is 0 Å². The number of benzene rings is 1. The summed E-state index contributed by atoms with van der Waals surface area (Å²) in [5, 5.41) is 18.0. The van der Waals surface area contributed by atoms with Gasteiger partial charge in [0, 0.05) is 36.7 Å². The number of nitrogens with zero attached hydrogens (tertiary/aromatic N) is 5. The lowest BCUT2D eigenvalue weighted by atomic mass is 10.1. The molecule has 0 spiro atoms. The van der Waals surface area contributed by atoms with Crippen molar-refractivity contribution < 1.29 is 4.74 Å². The first-order valence-corrected chi connectivity index (χ1v) is 11.4. The van der Waals surface area contributed by atoms with Crippen LogP contribution in [0.1, 0.15) is 49.7 Å². The van der Waals surface area contributed by atoms with Crippen LogP contribution in [0.25, 0.3) is 16.6 Å². The second-order valence-corrected chi connectivity index (χ2v) is 8.92. The predicted molar refractivity (Wildman–Crippen MR) is 120 cm³/mol. The fraction of sp³-hybridized carbons (Fsp3) is 0.545. The van der Waals surface area contributed by atoms with Crippen LogP contribution < -0.4 is 5.32 Å². The van der Waals surface area contributed by atoms with Crippen molar-refractivity contribution >= 4 is 33.9 Å². The fourth-order valence-corrected chi connectivity index (χ4v) is 5.07. The van der Waals surface area contributed by atoms with E-state index in [9.17, 15) is 0 Å². The van der Waals surface area contributed by atoms with E-state index in [-0.39, 0.29) is 6.10 Å². The Morgan fingerprint density at radius 1 is 1.23 bits per heavy atom. The minimum Gasteiger partial charge on any atom is -0.376 e. The Bertz CT molecular complexity index is 1050. The fourth-order valence-electron chi connectivity index (χ4n) is 4.77. The number of hydrogen-bond donors (Lipinski definition) is 1. The molecule has 0 amide bonds. The maximum absolute atomic E-state index is 5.87. The lowest BCUT2D eigenvalue weighted by molar-refractivity contribution is 0.113. The van der Waals surface area contributed by atoms with Crippen LogP contribution in [0.5, 0.6) is 0 Å². The molecule has 2 aliphatic rings. The number of ether oxygens (including phenoxy) is 1. The maximum Gasteiger partial charge on any atom is 0.184 e. The van der Waals surface area contributed by atoms with E-state index in [0.29, 0.717) is 12.6 Å². The van der Waals surface area contributed by atoms with Crippen molar-refractivity contribution in [1.29, 1.82) is 0 Å². The minimum atomic E-state index is 0.268. The molecule has 0 radical (unpaired) electrons. The molecule has 1 atom stereocenters. The maximum atomic E-state index is 5.87. The van der Waals surface area contributed by atoms with Gasteiger partial charge in [0.05, 0.1) is 11.6 Å². The molecular weight excluding hydrogens is 396 g/mol. The number of aryl methyl sites for hydroxylation is 1. The third-order valence-corrected chi connectivity index (χ3v) is 6.75. The van der Waals surface area contributed by atoms with Gasteiger partial charge in [-0.25, -0.2) is 0 Å². The van der Waals surface area contributed by atoms with Crippen LogP contribution in [0.4, 0.5) is 0 Å². The molecule has 3 heterocycles. The highest BCUT2D eigenvalue weighted by Crippen LogP contribution is 2.27. The first-order chi connectivity index (χ1) is 14.7. The molecule has 1 aromatic carbocycles. The number of nitrogens with one attached hydrogen (secondary N) is 1. The van der Waals surface area contributed by atoms with Gasteiger partial charge in [-0.1, -0.05) is 24.5 Å². The van der Waals surface area contributed by atoms with Gasteiger partial charge in [0.15, 0.2) is 10.8 Å². The molecule has 8 heteroatoms. The molecule has 1 unspecified atom stereocenters. The zero-order chi connectivity index (χ0) is 20.5. The number of tetrazole rings is 1. The molecule has 2 aromatic heterocycles. The molecule has 0 bridgehead atoms. The first-order valence-electron chi connectivity index (χ1n) is 11.0. The molecule has 158 valence electrons. The van der Waals surface area contributed by atoms with E-state index < -0.39 is 0 Å². The third-order valence-electron chi connectivity index (χ3n) is 6.37. The number of pyridine rings is 1. The number of aromatic nitrogens is 4. The first kappa shape index (κ1) is 19.6.